The minimum Gasteiger partial charge on any atom is -0.507 e. The van der Waals surface area contributed by atoms with Crippen LogP contribution in [-0.4, -0.2) is 20.4 Å². The predicted molar refractivity (Wildman–Crippen MR) is 214 cm³/mol. The maximum absolute atomic E-state index is 9.56. The van der Waals surface area contributed by atoms with Crippen LogP contribution >= 0.6 is 0 Å². The maximum Gasteiger partial charge on any atom is 0.123 e. The molecule has 260 valence electrons. The van der Waals surface area contributed by atoms with E-state index in [4.69, 9.17) is 0 Å². The Morgan fingerprint density at radius 1 is 0.189 bits per heavy atom. The molecule has 0 amide bonds. The molecular weight excluding hydrogens is 732 g/mol. The Labute approximate surface area is 330 Å². The molecule has 0 atom stereocenters. The van der Waals surface area contributed by atoms with Crippen molar-refractivity contribution in [2.45, 2.75) is 0 Å². The summed E-state index contributed by atoms with van der Waals surface area (Å²) in [4.78, 5) is 0. The molecule has 0 aliphatic rings. The number of benzene rings is 8. The Morgan fingerprint density at radius 3 is 0.509 bits per heavy atom. The standard InChI is InChI=1S/4C12H10O.Zr/c4*13-12-9-5-4-8-11(12)10-6-2-1-3-7-10;/h4*1-9,13H;. The zero-order chi connectivity index (χ0) is 36.4. The monoisotopic (exact) mass is 770 g/mol. The van der Waals surface area contributed by atoms with Crippen LogP contribution in [-0.2, 0) is 26.2 Å². The summed E-state index contributed by atoms with van der Waals surface area (Å²) in [5.41, 5.74) is 7.68. The molecule has 0 aliphatic heterocycles. The molecule has 0 heterocycles. The van der Waals surface area contributed by atoms with Gasteiger partial charge in [-0.3, -0.25) is 0 Å². The Bertz CT molecular complexity index is 1900. The first-order chi connectivity index (χ1) is 25.5. The molecule has 0 aliphatic carbocycles. The van der Waals surface area contributed by atoms with Crippen LogP contribution in [0.3, 0.4) is 0 Å². The number of aromatic hydroxyl groups is 4. The van der Waals surface area contributed by atoms with Gasteiger partial charge < -0.3 is 20.4 Å². The van der Waals surface area contributed by atoms with Gasteiger partial charge in [0.05, 0.1) is 0 Å². The summed E-state index contributed by atoms with van der Waals surface area (Å²) < 4.78 is 0. The molecule has 8 rings (SSSR count). The molecule has 8 aromatic carbocycles. The van der Waals surface area contributed by atoms with Crippen molar-refractivity contribution >= 4 is 0 Å². The SMILES string of the molecule is Oc1ccccc1-c1ccccc1.Oc1ccccc1-c1ccccc1.Oc1ccccc1-c1ccccc1.Oc1ccccc1-c1ccccc1.[Zr]. The van der Waals surface area contributed by atoms with E-state index in [0.717, 1.165) is 44.5 Å². The third kappa shape index (κ3) is 12.0. The fourth-order valence-electron chi connectivity index (χ4n) is 5.34. The van der Waals surface area contributed by atoms with Crippen molar-refractivity contribution < 1.29 is 46.6 Å². The Kier molecular flexibility index (Phi) is 15.9. The molecule has 0 aromatic heterocycles. The molecule has 8 aromatic rings. The topological polar surface area (TPSA) is 80.9 Å². The van der Waals surface area contributed by atoms with Gasteiger partial charge in [-0.1, -0.05) is 194 Å². The second kappa shape index (κ2) is 21.3. The fraction of sp³-hybridized carbons (Fsp3) is 0. The van der Waals surface area contributed by atoms with Crippen molar-refractivity contribution in [3.63, 3.8) is 0 Å². The second-order valence-corrected chi connectivity index (χ2v) is 11.5. The van der Waals surface area contributed by atoms with Gasteiger partial charge in [-0.25, -0.2) is 0 Å². The van der Waals surface area contributed by atoms with E-state index < -0.39 is 0 Å². The molecule has 0 spiro atoms. The van der Waals surface area contributed by atoms with Gasteiger partial charge in [0.15, 0.2) is 0 Å². The van der Waals surface area contributed by atoms with E-state index in [-0.39, 0.29) is 26.2 Å². The van der Waals surface area contributed by atoms with Crippen LogP contribution in [0, 0.1) is 0 Å². The molecule has 4 nitrogen and oxygen atoms in total. The van der Waals surface area contributed by atoms with E-state index in [2.05, 4.69) is 0 Å². The quantitative estimate of drug-likeness (QED) is 0.144. The van der Waals surface area contributed by atoms with Gasteiger partial charge in [-0.2, -0.15) is 0 Å². The predicted octanol–water partition coefficient (Wildman–Crippen LogP) is 12.2. The van der Waals surface area contributed by atoms with Gasteiger partial charge >= 0.3 is 0 Å². The minimum atomic E-state index is 0. The number of rotatable bonds is 4. The summed E-state index contributed by atoms with van der Waals surface area (Å²) in [5, 5.41) is 38.3. The van der Waals surface area contributed by atoms with Crippen LogP contribution in [0.5, 0.6) is 23.0 Å². The molecule has 53 heavy (non-hydrogen) atoms. The third-order valence-electron chi connectivity index (χ3n) is 7.96. The van der Waals surface area contributed by atoms with E-state index >= 15 is 0 Å². The number of phenolic OH excluding ortho intramolecular Hbond substituents is 4. The summed E-state index contributed by atoms with van der Waals surface area (Å²) in [6.07, 6.45) is 0. The van der Waals surface area contributed by atoms with Crippen LogP contribution in [0.25, 0.3) is 44.5 Å². The second-order valence-electron chi connectivity index (χ2n) is 11.5. The minimum absolute atomic E-state index is 0. The molecule has 0 radical (unpaired) electrons. The van der Waals surface area contributed by atoms with Crippen LogP contribution in [0.4, 0.5) is 0 Å². The van der Waals surface area contributed by atoms with E-state index in [1.807, 2.05) is 194 Å². The molecule has 4 N–H and O–H groups in total. The van der Waals surface area contributed by atoms with E-state index in [9.17, 15) is 20.4 Å². The van der Waals surface area contributed by atoms with Crippen LogP contribution < -0.4 is 0 Å². The first-order valence-electron chi connectivity index (χ1n) is 16.8. The van der Waals surface area contributed by atoms with Crippen molar-refractivity contribution in [3.8, 4) is 67.5 Å². The average Bonchev–Trinajstić information content (AvgIpc) is 3.21. The number of para-hydroxylation sites is 4. The van der Waals surface area contributed by atoms with Crippen LogP contribution in [0.15, 0.2) is 218 Å². The zero-order valence-corrected chi connectivity index (χ0v) is 31.5. The van der Waals surface area contributed by atoms with E-state index in [1.165, 1.54) is 0 Å². The van der Waals surface area contributed by atoms with Crippen LogP contribution in [0.2, 0.25) is 0 Å². The number of hydrogen-bond acceptors (Lipinski definition) is 4. The fourth-order valence-corrected chi connectivity index (χ4v) is 5.34. The first-order valence-corrected chi connectivity index (χ1v) is 16.8. The van der Waals surface area contributed by atoms with E-state index in [0.29, 0.717) is 23.0 Å². The third-order valence-corrected chi connectivity index (χ3v) is 7.96. The number of phenols is 4. The Morgan fingerprint density at radius 2 is 0.340 bits per heavy atom. The molecule has 0 saturated carbocycles. The Balaban J connectivity index is 0.000000157. The molecule has 0 unspecified atom stereocenters. The van der Waals surface area contributed by atoms with Gasteiger partial charge in [0, 0.05) is 48.5 Å². The van der Waals surface area contributed by atoms with Crippen molar-refractivity contribution in [2.24, 2.45) is 0 Å². The van der Waals surface area contributed by atoms with Gasteiger partial charge in [-0.15, -0.1) is 0 Å². The van der Waals surface area contributed by atoms with Crippen molar-refractivity contribution in [2.75, 3.05) is 0 Å². The summed E-state index contributed by atoms with van der Waals surface area (Å²) in [7, 11) is 0. The van der Waals surface area contributed by atoms with Gasteiger partial charge in [0.1, 0.15) is 23.0 Å². The summed E-state index contributed by atoms with van der Waals surface area (Å²) in [5.74, 6) is 1.31. The van der Waals surface area contributed by atoms with Crippen LogP contribution in [0.1, 0.15) is 0 Å². The zero-order valence-electron chi connectivity index (χ0n) is 29.1. The summed E-state index contributed by atoms with van der Waals surface area (Å²) >= 11 is 0. The van der Waals surface area contributed by atoms with Crippen molar-refractivity contribution in [1.29, 1.82) is 0 Å². The Hall–Kier alpha value is -6.16. The summed E-state index contributed by atoms with van der Waals surface area (Å²) in [6.45, 7) is 0. The van der Waals surface area contributed by atoms with E-state index in [1.54, 1.807) is 24.3 Å². The van der Waals surface area contributed by atoms with Gasteiger partial charge in [-0.05, 0) is 46.5 Å². The molecule has 0 bridgehead atoms. The van der Waals surface area contributed by atoms with Gasteiger partial charge in [0.25, 0.3) is 0 Å². The molecule has 5 heteroatoms. The number of hydrogen-bond donors (Lipinski definition) is 4. The maximum atomic E-state index is 9.56. The van der Waals surface area contributed by atoms with Crippen molar-refractivity contribution in [1.82, 2.24) is 0 Å². The molecular formula is C48H40O4Zr. The molecule has 0 fully saturated rings. The molecule has 0 saturated heterocycles. The summed E-state index contributed by atoms with van der Waals surface area (Å²) in [6, 6.07) is 68.8. The van der Waals surface area contributed by atoms with Gasteiger partial charge in [0.2, 0.25) is 0 Å². The first kappa shape index (κ1) is 39.6. The average molecular weight is 772 g/mol. The normalized spacial score (nSPS) is 9.66. The largest absolute Gasteiger partial charge is 0.507 e. The van der Waals surface area contributed by atoms with Crippen molar-refractivity contribution in [3.05, 3.63) is 218 Å². The smallest absolute Gasteiger partial charge is 0.123 e.